The van der Waals surface area contributed by atoms with E-state index in [1.165, 1.54) is 0 Å². The highest BCUT2D eigenvalue weighted by atomic mass is 35.5. The molecule has 0 aliphatic heterocycles. The molecular formula is C11H9Cl2N3O2S. The molecule has 2 rings (SSSR count). The van der Waals surface area contributed by atoms with E-state index in [-0.39, 0.29) is 10.2 Å². The van der Waals surface area contributed by atoms with Gasteiger partial charge in [0.05, 0.1) is 23.1 Å². The molecule has 0 amide bonds. The SMILES string of the molecule is Cc1cccc(Cl)c1NS(=O)(=O)c1cnc(Cl)nc1. The van der Waals surface area contributed by atoms with Crippen LogP contribution in [-0.2, 0) is 10.0 Å². The van der Waals surface area contributed by atoms with E-state index >= 15 is 0 Å². The second-order valence-electron chi connectivity index (χ2n) is 3.73. The Hall–Kier alpha value is -1.37. The van der Waals surface area contributed by atoms with Gasteiger partial charge < -0.3 is 0 Å². The summed E-state index contributed by atoms with van der Waals surface area (Å²) >= 11 is 11.5. The number of aryl methyl sites for hydroxylation is 1. The Labute approximate surface area is 120 Å². The Morgan fingerprint density at radius 2 is 1.79 bits per heavy atom. The summed E-state index contributed by atoms with van der Waals surface area (Å²) in [7, 11) is -3.79. The van der Waals surface area contributed by atoms with Gasteiger partial charge in [-0.15, -0.1) is 0 Å². The third-order valence-corrected chi connectivity index (χ3v) is 4.18. The molecule has 0 bridgehead atoms. The summed E-state index contributed by atoms with van der Waals surface area (Å²) in [4.78, 5) is 7.18. The summed E-state index contributed by atoms with van der Waals surface area (Å²) < 4.78 is 26.7. The van der Waals surface area contributed by atoms with Crippen LogP contribution in [0.15, 0.2) is 35.5 Å². The molecule has 5 nitrogen and oxygen atoms in total. The molecule has 1 heterocycles. The van der Waals surface area contributed by atoms with Gasteiger partial charge in [-0.25, -0.2) is 18.4 Å². The van der Waals surface area contributed by atoms with Crippen LogP contribution in [0.1, 0.15) is 5.56 Å². The standard InChI is InChI=1S/C11H9Cl2N3O2S/c1-7-3-2-4-9(12)10(7)16-19(17,18)8-5-14-11(13)15-6-8/h2-6,16H,1H3. The van der Waals surface area contributed by atoms with Gasteiger partial charge in [-0.05, 0) is 30.2 Å². The van der Waals surface area contributed by atoms with Gasteiger partial charge in [0.1, 0.15) is 4.90 Å². The number of sulfonamides is 1. The molecule has 0 unspecified atom stereocenters. The van der Waals surface area contributed by atoms with Crippen molar-refractivity contribution in [2.24, 2.45) is 0 Å². The minimum atomic E-state index is -3.79. The van der Waals surface area contributed by atoms with Gasteiger partial charge in [0.2, 0.25) is 5.28 Å². The predicted octanol–water partition coefficient (Wildman–Crippen LogP) is 2.89. The molecule has 0 fully saturated rings. The van der Waals surface area contributed by atoms with Crippen LogP contribution in [0.5, 0.6) is 0 Å². The van der Waals surface area contributed by atoms with Gasteiger partial charge in [-0.3, -0.25) is 4.72 Å². The Balaban J connectivity index is 2.39. The molecule has 100 valence electrons. The fourth-order valence-corrected chi connectivity index (χ4v) is 2.86. The average molecular weight is 318 g/mol. The van der Waals surface area contributed by atoms with Gasteiger partial charge in [-0.1, -0.05) is 23.7 Å². The lowest BCUT2D eigenvalue weighted by Crippen LogP contribution is -2.14. The largest absolute Gasteiger partial charge is 0.278 e. The number of benzene rings is 1. The van der Waals surface area contributed by atoms with Crippen LogP contribution in [-0.4, -0.2) is 18.4 Å². The molecule has 0 radical (unpaired) electrons. The lowest BCUT2D eigenvalue weighted by Gasteiger charge is -2.11. The van der Waals surface area contributed by atoms with E-state index in [2.05, 4.69) is 14.7 Å². The Bertz CT molecular complexity index is 682. The second-order valence-corrected chi connectivity index (χ2v) is 6.15. The summed E-state index contributed by atoms with van der Waals surface area (Å²) in [6, 6.07) is 5.09. The zero-order valence-electron chi connectivity index (χ0n) is 9.76. The van der Waals surface area contributed by atoms with Gasteiger partial charge in [0.15, 0.2) is 0 Å². The summed E-state index contributed by atoms with van der Waals surface area (Å²) in [6.45, 7) is 1.75. The second kappa shape index (κ2) is 5.32. The van der Waals surface area contributed by atoms with Crippen LogP contribution < -0.4 is 4.72 Å². The average Bonchev–Trinajstić information content (AvgIpc) is 2.35. The molecule has 0 aliphatic rings. The molecular weight excluding hydrogens is 309 g/mol. The fourth-order valence-electron chi connectivity index (χ4n) is 1.39. The van der Waals surface area contributed by atoms with Crippen LogP contribution in [0.25, 0.3) is 0 Å². The number of aromatic nitrogens is 2. The fraction of sp³-hybridized carbons (Fsp3) is 0.0909. The van der Waals surface area contributed by atoms with Crippen LogP contribution in [0, 0.1) is 6.92 Å². The molecule has 0 saturated carbocycles. The first-order valence-corrected chi connectivity index (χ1v) is 7.39. The zero-order chi connectivity index (χ0) is 14.0. The third-order valence-electron chi connectivity index (χ3n) is 2.37. The summed E-state index contributed by atoms with van der Waals surface area (Å²) in [5.41, 5.74) is 1.05. The van der Waals surface area contributed by atoms with Crippen molar-refractivity contribution < 1.29 is 8.42 Å². The number of para-hydroxylation sites is 1. The molecule has 0 spiro atoms. The van der Waals surface area contributed by atoms with Crippen LogP contribution in [0.3, 0.4) is 0 Å². The quantitative estimate of drug-likeness (QED) is 0.883. The van der Waals surface area contributed by atoms with E-state index < -0.39 is 10.0 Å². The zero-order valence-corrected chi connectivity index (χ0v) is 12.1. The number of nitrogens with one attached hydrogen (secondary N) is 1. The topological polar surface area (TPSA) is 72.0 Å². The number of hydrogen-bond acceptors (Lipinski definition) is 4. The van der Waals surface area contributed by atoms with E-state index in [9.17, 15) is 8.42 Å². The minimum absolute atomic E-state index is 0.0205. The van der Waals surface area contributed by atoms with Gasteiger partial charge in [0.25, 0.3) is 10.0 Å². The van der Waals surface area contributed by atoms with Crippen LogP contribution in [0.2, 0.25) is 10.3 Å². The maximum Gasteiger partial charge on any atom is 0.265 e. The van der Waals surface area contributed by atoms with E-state index in [0.29, 0.717) is 16.3 Å². The first-order valence-electron chi connectivity index (χ1n) is 5.15. The smallest absolute Gasteiger partial charge is 0.265 e. The first-order chi connectivity index (χ1) is 8.90. The molecule has 1 N–H and O–H groups in total. The third kappa shape index (κ3) is 3.15. The van der Waals surface area contributed by atoms with E-state index in [0.717, 1.165) is 12.4 Å². The lowest BCUT2D eigenvalue weighted by atomic mass is 10.2. The van der Waals surface area contributed by atoms with Crippen molar-refractivity contribution in [3.63, 3.8) is 0 Å². The van der Waals surface area contributed by atoms with E-state index in [1.807, 2.05) is 0 Å². The first kappa shape index (κ1) is 14.0. The number of hydrogen-bond donors (Lipinski definition) is 1. The van der Waals surface area contributed by atoms with Crippen molar-refractivity contribution in [1.29, 1.82) is 0 Å². The number of halogens is 2. The molecule has 1 aromatic heterocycles. The minimum Gasteiger partial charge on any atom is -0.278 e. The van der Waals surface area contributed by atoms with Crippen molar-refractivity contribution in [1.82, 2.24) is 9.97 Å². The van der Waals surface area contributed by atoms with Crippen molar-refractivity contribution in [3.8, 4) is 0 Å². The highest BCUT2D eigenvalue weighted by Crippen LogP contribution is 2.27. The maximum atomic E-state index is 12.1. The number of rotatable bonds is 3. The molecule has 2 aromatic rings. The van der Waals surface area contributed by atoms with E-state index in [1.54, 1.807) is 25.1 Å². The number of anilines is 1. The van der Waals surface area contributed by atoms with Gasteiger partial charge in [-0.2, -0.15) is 0 Å². The monoisotopic (exact) mass is 317 g/mol. The summed E-state index contributed by atoms with van der Waals surface area (Å²) in [5.74, 6) is 0. The Morgan fingerprint density at radius 1 is 1.16 bits per heavy atom. The molecule has 1 aromatic carbocycles. The highest BCUT2D eigenvalue weighted by Gasteiger charge is 2.17. The summed E-state index contributed by atoms with van der Waals surface area (Å²) in [5, 5.41) is 0.298. The van der Waals surface area contributed by atoms with Gasteiger partial charge in [0, 0.05) is 0 Å². The molecule has 0 saturated heterocycles. The Kier molecular flexibility index (Phi) is 3.93. The van der Waals surface area contributed by atoms with Crippen molar-refractivity contribution in [2.45, 2.75) is 11.8 Å². The normalized spacial score (nSPS) is 11.3. The van der Waals surface area contributed by atoms with Crippen molar-refractivity contribution in [3.05, 3.63) is 46.5 Å². The van der Waals surface area contributed by atoms with Crippen LogP contribution in [0.4, 0.5) is 5.69 Å². The Morgan fingerprint density at radius 3 is 2.37 bits per heavy atom. The summed E-state index contributed by atoms with van der Waals surface area (Å²) in [6.07, 6.45) is 2.26. The predicted molar refractivity (Wildman–Crippen MR) is 74.0 cm³/mol. The van der Waals surface area contributed by atoms with E-state index in [4.69, 9.17) is 23.2 Å². The lowest BCUT2D eigenvalue weighted by molar-refractivity contribution is 0.600. The number of nitrogens with zero attached hydrogens (tertiary/aromatic N) is 2. The molecule has 0 atom stereocenters. The maximum absolute atomic E-state index is 12.1. The van der Waals surface area contributed by atoms with Crippen molar-refractivity contribution >= 4 is 38.9 Å². The molecule has 8 heteroatoms. The van der Waals surface area contributed by atoms with Crippen LogP contribution >= 0.6 is 23.2 Å². The molecule has 19 heavy (non-hydrogen) atoms. The van der Waals surface area contributed by atoms with Crippen molar-refractivity contribution in [2.75, 3.05) is 4.72 Å². The molecule has 0 aliphatic carbocycles. The van der Waals surface area contributed by atoms with Gasteiger partial charge >= 0.3 is 0 Å². The highest BCUT2D eigenvalue weighted by molar-refractivity contribution is 7.92.